The molecule has 2 heterocycles. The first-order valence-electron chi connectivity index (χ1n) is 12.1. The Kier molecular flexibility index (Phi) is 5.44. The predicted molar refractivity (Wildman–Crippen MR) is 129 cm³/mol. The first-order valence-corrected chi connectivity index (χ1v) is 12.1. The van der Waals surface area contributed by atoms with Crippen LogP contribution >= 0.6 is 0 Å². The second-order valence-corrected chi connectivity index (χ2v) is 10.4. The molecule has 3 N–H and O–H groups in total. The number of aliphatic hydroxyl groups excluding tert-OH is 1. The zero-order chi connectivity index (χ0) is 22.5. The third-order valence-electron chi connectivity index (χ3n) is 7.72. The fourth-order valence-corrected chi connectivity index (χ4v) is 5.47. The molecule has 1 aromatic carbocycles. The van der Waals surface area contributed by atoms with Crippen LogP contribution in [-0.2, 0) is 6.42 Å². The van der Waals surface area contributed by atoms with Crippen LogP contribution in [0.5, 0.6) is 0 Å². The average molecular weight is 434 g/mol. The molecule has 6 heteroatoms. The Morgan fingerprint density at radius 2 is 1.94 bits per heavy atom. The lowest BCUT2D eigenvalue weighted by Crippen LogP contribution is -2.47. The molecule has 1 aromatic heterocycles. The number of nitrogens with zero attached hydrogens (tertiary/aromatic N) is 3. The molecule has 3 unspecified atom stereocenters. The van der Waals surface area contributed by atoms with E-state index in [1.54, 1.807) is 0 Å². The molecule has 1 spiro atoms. The number of anilines is 3. The number of aliphatic hydroxyl groups is 1. The normalized spacial score (nSPS) is 27.9. The fourth-order valence-electron chi connectivity index (χ4n) is 5.47. The summed E-state index contributed by atoms with van der Waals surface area (Å²) < 4.78 is 0. The van der Waals surface area contributed by atoms with E-state index in [0.29, 0.717) is 11.3 Å². The maximum atomic E-state index is 10.4. The predicted octanol–water partition coefficient (Wildman–Crippen LogP) is 4.89. The number of aromatic nitrogens is 2. The van der Waals surface area contributed by atoms with Gasteiger partial charge in [0, 0.05) is 43.0 Å². The number of piperidine rings is 1. The smallest absolute Gasteiger partial charge is 0.136 e. The molecule has 2 saturated carbocycles. The summed E-state index contributed by atoms with van der Waals surface area (Å²) in [5.41, 5.74) is 3.81. The van der Waals surface area contributed by atoms with Gasteiger partial charge in [-0.1, -0.05) is 32.9 Å². The van der Waals surface area contributed by atoms with Gasteiger partial charge in [0.15, 0.2) is 0 Å². The summed E-state index contributed by atoms with van der Waals surface area (Å²) in [5.74, 6) is 3.63. The van der Waals surface area contributed by atoms with Gasteiger partial charge in [0.1, 0.15) is 17.5 Å². The van der Waals surface area contributed by atoms with Gasteiger partial charge in [-0.15, -0.1) is 0 Å². The molecule has 1 saturated heterocycles. The number of hydrogen-bond donors (Lipinski definition) is 3. The summed E-state index contributed by atoms with van der Waals surface area (Å²) in [4.78, 5) is 11.9. The first kappa shape index (κ1) is 21.4. The highest BCUT2D eigenvalue weighted by molar-refractivity contribution is 5.87. The van der Waals surface area contributed by atoms with Crippen molar-refractivity contribution in [2.24, 2.45) is 17.3 Å². The maximum Gasteiger partial charge on any atom is 0.136 e. The Labute approximate surface area is 191 Å². The zero-order valence-electron chi connectivity index (χ0n) is 19.4. The molecule has 0 amide bonds. The van der Waals surface area contributed by atoms with Crippen LogP contribution in [0.1, 0.15) is 69.3 Å². The molecule has 6 nitrogen and oxygen atoms in total. The summed E-state index contributed by atoms with van der Waals surface area (Å²) in [5, 5.41) is 21.8. The highest BCUT2D eigenvalue weighted by Crippen LogP contribution is 2.75. The number of aryl methyl sites for hydroxylation is 1. The van der Waals surface area contributed by atoms with Gasteiger partial charge in [-0.25, -0.2) is 9.97 Å². The van der Waals surface area contributed by atoms with Gasteiger partial charge in [-0.2, -0.15) is 0 Å². The number of hydrogen-bond acceptors (Lipinski definition) is 6. The molecule has 32 heavy (non-hydrogen) atoms. The second-order valence-electron chi connectivity index (χ2n) is 10.4. The quantitative estimate of drug-likeness (QED) is 0.541. The van der Waals surface area contributed by atoms with Gasteiger partial charge in [-0.05, 0) is 60.5 Å². The van der Waals surface area contributed by atoms with E-state index in [1.807, 2.05) is 6.07 Å². The molecule has 2 aliphatic carbocycles. The topological polar surface area (TPSA) is 85.1 Å². The van der Waals surface area contributed by atoms with E-state index in [9.17, 15) is 5.11 Å². The minimum absolute atomic E-state index is 0.203. The number of rotatable bonds is 7. The standard InChI is InChI=1S/C26H35N5O/c1-4-5-22-29-23(11-24(30-22)31-14-16(2)25(32)17(3)15-31)28-21-10-18(6-7-19(21)13-27)20-12-26(20)8-9-26/h6-7,10-11,13,16-17,20,25,27,32H,4-5,8-9,12,14-15H2,1-3H3,(H,28,29,30). The lowest BCUT2D eigenvalue weighted by molar-refractivity contribution is 0.0527. The van der Waals surface area contributed by atoms with E-state index >= 15 is 0 Å². The molecule has 5 rings (SSSR count). The Balaban J connectivity index is 1.44. The SMILES string of the molecule is CCCc1nc(Nc2cc(C3CC34CC4)ccc2C=N)cc(N2CC(C)C(O)C(C)C2)n1. The monoisotopic (exact) mass is 433 g/mol. The highest BCUT2D eigenvalue weighted by atomic mass is 16.3. The summed E-state index contributed by atoms with van der Waals surface area (Å²) in [6.07, 6.45) is 7.00. The molecule has 2 aromatic rings. The fraction of sp³-hybridized carbons (Fsp3) is 0.577. The van der Waals surface area contributed by atoms with Crippen molar-refractivity contribution in [3.63, 3.8) is 0 Å². The van der Waals surface area contributed by atoms with Crippen LogP contribution in [0.4, 0.5) is 17.3 Å². The van der Waals surface area contributed by atoms with Crippen molar-refractivity contribution in [2.75, 3.05) is 23.3 Å². The summed E-state index contributed by atoms with van der Waals surface area (Å²) in [6, 6.07) is 8.50. The van der Waals surface area contributed by atoms with Crippen molar-refractivity contribution in [2.45, 2.75) is 64.9 Å². The van der Waals surface area contributed by atoms with Gasteiger partial charge in [0.2, 0.25) is 0 Å². The lowest BCUT2D eigenvalue weighted by Gasteiger charge is -2.39. The van der Waals surface area contributed by atoms with Gasteiger partial charge in [0.25, 0.3) is 0 Å². The van der Waals surface area contributed by atoms with Crippen LogP contribution < -0.4 is 10.2 Å². The molecule has 0 radical (unpaired) electrons. The van der Waals surface area contributed by atoms with E-state index in [0.717, 1.165) is 54.6 Å². The second kappa shape index (κ2) is 8.14. The first-order chi connectivity index (χ1) is 15.4. The number of benzene rings is 1. The van der Waals surface area contributed by atoms with E-state index in [2.05, 4.69) is 49.2 Å². The molecule has 3 atom stereocenters. The highest BCUT2D eigenvalue weighted by Gasteiger charge is 2.62. The van der Waals surface area contributed by atoms with Crippen molar-refractivity contribution in [3.05, 3.63) is 41.2 Å². The maximum absolute atomic E-state index is 10.4. The van der Waals surface area contributed by atoms with E-state index in [-0.39, 0.29) is 17.9 Å². The van der Waals surface area contributed by atoms with E-state index in [4.69, 9.17) is 15.4 Å². The Morgan fingerprint density at radius 1 is 1.19 bits per heavy atom. The van der Waals surface area contributed by atoms with Gasteiger partial charge in [0.05, 0.1) is 6.10 Å². The molecule has 1 aliphatic heterocycles. The van der Waals surface area contributed by atoms with Gasteiger partial charge in [-0.3, -0.25) is 0 Å². The minimum atomic E-state index is -0.268. The average Bonchev–Trinajstić information content (AvgIpc) is 3.70. The van der Waals surface area contributed by atoms with Crippen LogP contribution in [0.25, 0.3) is 0 Å². The van der Waals surface area contributed by atoms with Gasteiger partial charge < -0.3 is 20.7 Å². The Hall–Kier alpha value is -2.47. The van der Waals surface area contributed by atoms with E-state index in [1.165, 1.54) is 31.0 Å². The molecular weight excluding hydrogens is 398 g/mol. The summed E-state index contributed by atoms with van der Waals surface area (Å²) in [7, 11) is 0. The Morgan fingerprint density at radius 3 is 2.56 bits per heavy atom. The molecule has 3 aliphatic rings. The lowest BCUT2D eigenvalue weighted by atomic mass is 9.88. The molecule has 170 valence electrons. The minimum Gasteiger partial charge on any atom is -0.392 e. The molecule has 3 fully saturated rings. The van der Waals surface area contributed by atoms with Crippen LogP contribution in [0, 0.1) is 22.7 Å². The van der Waals surface area contributed by atoms with Crippen molar-refractivity contribution in [1.82, 2.24) is 9.97 Å². The van der Waals surface area contributed by atoms with Crippen LogP contribution in [0.2, 0.25) is 0 Å². The zero-order valence-corrected chi connectivity index (χ0v) is 19.4. The van der Waals surface area contributed by atoms with Crippen LogP contribution in [-0.4, -0.2) is 40.5 Å². The summed E-state index contributed by atoms with van der Waals surface area (Å²) in [6.45, 7) is 7.93. The van der Waals surface area contributed by atoms with Crippen molar-refractivity contribution in [1.29, 1.82) is 5.41 Å². The molecule has 0 bridgehead atoms. The third-order valence-corrected chi connectivity index (χ3v) is 7.72. The third kappa shape index (κ3) is 4.01. The van der Waals surface area contributed by atoms with Gasteiger partial charge >= 0.3 is 0 Å². The van der Waals surface area contributed by atoms with Crippen molar-refractivity contribution < 1.29 is 5.11 Å². The van der Waals surface area contributed by atoms with Crippen LogP contribution in [0.3, 0.4) is 0 Å². The Bertz CT molecular complexity index is 1010. The van der Waals surface area contributed by atoms with Crippen molar-refractivity contribution in [3.8, 4) is 0 Å². The van der Waals surface area contributed by atoms with Crippen LogP contribution in [0.15, 0.2) is 24.3 Å². The molecular formula is C26H35N5O. The number of nitrogens with one attached hydrogen (secondary N) is 2. The van der Waals surface area contributed by atoms with Crippen molar-refractivity contribution >= 4 is 23.5 Å². The largest absolute Gasteiger partial charge is 0.392 e. The summed E-state index contributed by atoms with van der Waals surface area (Å²) >= 11 is 0. The van der Waals surface area contributed by atoms with E-state index < -0.39 is 0 Å².